The van der Waals surface area contributed by atoms with E-state index in [1.165, 1.54) is 0 Å². The van der Waals surface area contributed by atoms with Crippen molar-refractivity contribution < 1.29 is 23.4 Å². The molecule has 1 aromatic heterocycles. The molecule has 5 nitrogen and oxygen atoms in total. The summed E-state index contributed by atoms with van der Waals surface area (Å²) in [5.41, 5.74) is 3.89. The Labute approximate surface area is 180 Å². The zero-order chi connectivity index (χ0) is 20.6. The van der Waals surface area contributed by atoms with Crippen LogP contribution in [0, 0.1) is 0 Å². The summed E-state index contributed by atoms with van der Waals surface area (Å²) in [7, 11) is 0. The molecule has 0 amide bonds. The van der Waals surface area contributed by atoms with E-state index in [4.69, 9.17) is 23.4 Å². The Morgan fingerprint density at radius 3 is 2.19 bits per heavy atom. The SMILES string of the molecule is c1ccc(-c2oc3ccccc3c2-c2ccc(OCC3CO3)cc2)c(OCC2CO2)c1. The van der Waals surface area contributed by atoms with Crippen molar-refractivity contribution in [3.05, 3.63) is 72.8 Å². The lowest BCUT2D eigenvalue weighted by atomic mass is 9.98. The second-order valence-electron chi connectivity index (χ2n) is 7.86. The predicted octanol–water partition coefficient (Wildman–Crippen LogP) is 5.32. The van der Waals surface area contributed by atoms with Gasteiger partial charge in [0.2, 0.25) is 0 Å². The number of hydrogen-bond acceptors (Lipinski definition) is 5. The Hall–Kier alpha value is -3.28. The fourth-order valence-electron chi connectivity index (χ4n) is 3.72. The van der Waals surface area contributed by atoms with Gasteiger partial charge in [-0.25, -0.2) is 0 Å². The Morgan fingerprint density at radius 1 is 0.742 bits per heavy atom. The van der Waals surface area contributed by atoms with E-state index in [0.717, 1.165) is 58.1 Å². The van der Waals surface area contributed by atoms with Gasteiger partial charge in [-0.3, -0.25) is 0 Å². The van der Waals surface area contributed by atoms with Gasteiger partial charge < -0.3 is 23.4 Å². The average Bonchev–Trinajstić information content (AvgIpc) is 3.75. The first-order valence-electron chi connectivity index (χ1n) is 10.6. The second-order valence-corrected chi connectivity index (χ2v) is 7.86. The fraction of sp³-hybridized carbons (Fsp3) is 0.231. The van der Waals surface area contributed by atoms with Gasteiger partial charge in [-0.15, -0.1) is 0 Å². The van der Waals surface area contributed by atoms with E-state index >= 15 is 0 Å². The number of ether oxygens (including phenoxy) is 4. The lowest BCUT2D eigenvalue weighted by Crippen LogP contribution is -2.04. The number of fused-ring (bicyclic) bond motifs is 1. The molecule has 156 valence electrons. The van der Waals surface area contributed by atoms with Crippen LogP contribution < -0.4 is 9.47 Å². The highest BCUT2D eigenvalue weighted by molar-refractivity contribution is 6.02. The van der Waals surface area contributed by atoms with Crippen LogP contribution in [-0.2, 0) is 9.47 Å². The molecular weight excluding hydrogens is 392 g/mol. The van der Waals surface area contributed by atoms with Gasteiger partial charge in [-0.1, -0.05) is 42.5 Å². The van der Waals surface area contributed by atoms with Crippen molar-refractivity contribution in [2.24, 2.45) is 0 Å². The molecule has 0 saturated carbocycles. The first-order valence-corrected chi connectivity index (χ1v) is 10.6. The Kier molecular flexibility index (Phi) is 4.63. The van der Waals surface area contributed by atoms with Gasteiger partial charge in [0.25, 0.3) is 0 Å². The molecule has 2 saturated heterocycles. The van der Waals surface area contributed by atoms with Crippen molar-refractivity contribution in [2.45, 2.75) is 12.2 Å². The van der Waals surface area contributed by atoms with Gasteiger partial charge in [0.1, 0.15) is 48.3 Å². The molecule has 6 rings (SSSR count). The van der Waals surface area contributed by atoms with Crippen molar-refractivity contribution >= 4 is 11.0 Å². The summed E-state index contributed by atoms with van der Waals surface area (Å²) in [5, 5.41) is 1.07. The maximum absolute atomic E-state index is 6.36. The monoisotopic (exact) mass is 414 g/mol. The lowest BCUT2D eigenvalue weighted by molar-refractivity contribution is 0.263. The normalized spacial score (nSPS) is 19.4. The first-order chi connectivity index (χ1) is 15.3. The molecule has 0 N–H and O–H groups in total. The third-order valence-corrected chi connectivity index (χ3v) is 5.54. The van der Waals surface area contributed by atoms with Crippen molar-refractivity contribution in [1.82, 2.24) is 0 Å². The van der Waals surface area contributed by atoms with Gasteiger partial charge in [0.15, 0.2) is 0 Å². The minimum absolute atomic E-state index is 0.191. The summed E-state index contributed by atoms with van der Waals surface area (Å²) in [6, 6.07) is 24.2. The van der Waals surface area contributed by atoms with Crippen molar-refractivity contribution in [2.75, 3.05) is 26.4 Å². The molecule has 0 radical (unpaired) electrons. The van der Waals surface area contributed by atoms with Crippen LogP contribution >= 0.6 is 0 Å². The number of hydrogen-bond donors (Lipinski definition) is 0. The summed E-state index contributed by atoms with van der Waals surface area (Å²) >= 11 is 0. The molecule has 0 spiro atoms. The van der Waals surface area contributed by atoms with Gasteiger partial charge >= 0.3 is 0 Å². The topological polar surface area (TPSA) is 56.7 Å². The minimum Gasteiger partial charge on any atom is -0.491 e. The van der Waals surface area contributed by atoms with Gasteiger partial charge in [0.05, 0.1) is 18.8 Å². The van der Waals surface area contributed by atoms with Crippen LogP contribution in [-0.4, -0.2) is 38.6 Å². The zero-order valence-corrected chi connectivity index (χ0v) is 17.0. The molecule has 3 heterocycles. The largest absolute Gasteiger partial charge is 0.491 e. The molecule has 2 unspecified atom stereocenters. The van der Waals surface area contributed by atoms with Crippen LogP contribution in [0.4, 0.5) is 0 Å². The number of rotatable bonds is 8. The number of para-hydroxylation sites is 2. The Balaban J connectivity index is 1.40. The summed E-state index contributed by atoms with van der Waals surface area (Å²) in [4.78, 5) is 0. The average molecular weight is 414 g/mol. The van der Waals surface area contributed by atoms with E-state index in [-0.39, 0.29) is 12.2 Å². The van der Waals surface area contributed by atoms with Crippen LogP contribution in [0.25, 0.3) is 33.4 Å². The van der Waals surface area contributed by atoms with Crippen LogP contribution in [0.1, 0.15) is 0 Å². The molecule has 4 aromatic rings. The molecule has 3 aromatic carbocycles. The van der Waals surface area contributed by atoms with E-state index in [1.54, 1.807) is 0 Å². The summed E-state index contributed by atoms with van der Waals surface area (Å²) in [6.45, 7) is 2.69. The fourth-order valence-corrected chi connectivity index (χ4v) is 3.72. The second kappa shape index (κ2) is 7.76. The molecule has 31 heavy (non-hydrogen) atoms. The van der Waals surface area contributed by atoms with Crippen molar-refractivity contribution in [3.63, 3.8) is 0 Å². The lowest BCUT2D eigenvalue weighted by Gasteiger charge is -2.11. The first kappa shape index (κ1) is 18.5. The maximum Gasteiger partial charge on any atom is 0.146 e. The quantitative estimate of drug-likeness (QED) is 0.365. The third-order valence-electron chi connectivity index (χ3n) is 5.54. The molecule has 5 heteroatoms. The minimum atomic E-state index is 0.191. The molecule has 0 bridgehead atoms. The van der Waals surface area contributed by atoms with Gasteiger partial charge in [-0.2, -0.15) is 0 Å². The molecule has 0 aliphatic carbocycles. The van der Waals surface area contributed by atoms with Crippen LogP contribution in [0.5, 0.6) is 11.5 Å². The third kappa shape index (κ3) is 3.90. The predicted molar refractivity (Wildman–Crippen MR) is 118 cm³/mol. The van der Waals surface area contributed by atoms with Crippen molar-refractivity contribution in [3.8, 4) is 33.9 Å². The Morgan fingerprint density at radius 2 is 1.42 bits per heavy atom. The van der Waals surface area contributed by atoms with Gasteiger partial charge in [-0.05, 0) is 35.9 Å². The molecular formula is C26H22O5. The molecule has 2 aliphatic rings. The van der Waals surface area contributed by atoms with Gasteiger partial charge in [0, 0.05) is 10.9 Å². The van der Waals surface area contributed by atoms with E-state index < -0.39 is 0 Å². The smallest absolute Gasteiger partial charge is 0.146 e. The highest BCUT2D eigenvalue weighted by atomic mass is 16.6. The number of benzene rings is 3. The van der Waals surface area contributed by atoms with E-state index in [0.29, 0.717) is 13.2 Å². The zero-order valence-electron chi connectivity index (χ0n) is 17.0. The standard InChI is InChI=1S/C26H22O5/c1-4-8-24-21(5-1)25(17-9-11-18(12-10-17)27-13-19-14-28-19)26(31-24)22-6-2-3-7-23(22)30-16-20-15-29-20/h1-12,19-20H,13-16H2. The number of furan rings is 1. The van der Waals surface area contributed by atoms with Crippen LogP contribution in [0.15, 0.2) is 77.2 Å². The number of epoxide rings is 2. The molecule has 2 aliphatic heterocycles. The van der Waals surface area contributed by atoms with E-state index in [2.05, 4.69) is 18.2 Å². The summed E-state index contributed by atoms with van der Waals surface area (Å²) in [5.74, 6) is 2.43. The maximum atomic E-state index is 6.36. The van der Waals surface area contributed by atoms with Crippen molar-refractivity contribution in [1.29, 1.82) is 0 Å². The van der Waals surface area contributed by atoms with Crippen LogP contribution in [0.2, 0.25) is 0 Å². The Bertz CT molecular complexity index is 1200. The summed E-state index contributed by atoms with van der Waals surface area (Å²) in [6.07, 6.45) is 0.429. The molecule has 2 atom stereocenters. The summed E-state index contributed by atoms with van der Waals surface area (Å²) < 4.78 is 28.7. The highest BCUT2D eigenvalue weighted by Gasteiger charge is 2.25. The van der Waals surface area contributed by atoms with Crippen LogP contribution in [0.3, 0.4) is 0 Å². The molecule has 2 fully saturated rings. The van der Waals surface area contributed by atoms with E-state index in [9.17, 15) is 0 Å². The van der Waals surface area contributed by atoms with E-state index in [1.807, 2.05) is 54.6 Å². The highest BCUT2D eigenvalue weighted by Crippen LogP contribution is 2.44.